The molecular weight excluding hydrogens is 286 g/mol. The van der Waals surface area contributed by atoms with Crippen molar-refractivity contribution in [3.8, 4) is 0 Å². The molecule has 1 aromatic carbocycles. The molecule has 100 valence electrons. The van der Waals surface area contributed by atoms with Crippen LogP contribution in [0.2, 0.25) is 0 Å². The van der Waals surface area contributed by atoms with Gasteiger partial charge in [-0.15, -0.1) is 0 Å². The third kappa shape index (κ3) is 3.28. The standard InChI is InChI=1S/C16H24BrN/c1-10-5-11(2)7-14(6-10)18-15-8-12(3)16(17)13(4)9-15/h8-11,14,18H,5-7H2,1-4H3. The summed E-state index contributed by atoms with van der Waals surface area (Å²) >= 11 is 3.63. The maximum absolute atomic E-state index is 3.73. The summed E-state index contributed by atoms with van der Waals surface area (Å²) in [5.74, 6) is 1.70. The maximum atomic E-state index is 3.73. The zero-order valence-electron chi connectivity index (χ0n) is 11.9. The van der Waals surface area contributed by atoms with Gasteiger partial charge in [-0.05, 0) is 68.2 Å². The number of aryl methyl sites for hydroxylation is 2. The molecular formula is C16H24BrN. The largest absolute Gasteiger partial charge is 0.382 e. The summed E-state index contributed by atoms with van der Waals surface area (Å²) in [5, 5.41) is 3.73. The SMILES string of the molecule is Cc1cc(NC2CC(C)CC(C)C2)cc(C)c1Br. The van der Waals surface area contributed by atoms with Crippen LogP contribution in [0.15, 0.2) is 16.6 Å². The number of rotatable bonds is 2. The van der Waals surface area contributed by atoms with E-state index in [1.165, 1.54) is 40.5 Å². The number of nitrogens with one attached hydrogen (secondary N) is 1. The van der Waals surface area contributed by atoms with E-state index in [0.29, 0.717) is 6.04 Å². The van der Waals surface area contributed by atoms with Crippen molar-refractivity contribution in [1.82, 2.24) is 0 Å². The van der Waals surface area contributed by atoms with Crippen LogP contribution in [0.1, 0.15) is 44.2 Å². The van der Waals surface area contributed by atoms with Crippen LogP contribution in [0.5, 0.6) is 0 Å². The molecule has 1 fully saturated rings. The third-order valence-electron chi connectivity index (χ3n) is 3.99. The first-order valence-corrected chi connectivity index (χ1v) is 7.78. The maximum Gasteiger partial charge on any atom is 0.0348 e. The Balaban J connectivity index is 2.09. The van der Waals surface area contributed by atoms with Crippen LogP contribution in [0, 0.1) is 25.7 Å². The predicted octanol–water partition coefficient (Wildman–Crippen LogP) is 5.30. The molecule has 2 rings (SSSR count). The molecule has 2 atom stereocenters. The summed E-state index contributed by atoms with van der Waals surface area (Å²) in [7, 11) is 0. The van der Waals surface area contributed by atoms with Gasteiger partial charge in [-0.25, -0.2) is 0 Å². The second kappa shape index (κ2) is 5.64. The minimum absolute atomic E-state index is 0.642. The van der Waals surface area contributed by atoms with Crippen LogP contribution in [-0.4, -0.2) is 6.04 Å². The van der Waals surface area contributed by atoms with Crippen LogP contribution < -0.4 is 5.32 Å². The molecule has 0 spiro atoms. The predicted molar refractivity (Wildman–Crippen MR) is 83.2 cm³/mol. The third-order valence-corrected chi connectivity index (χ3v) is 5.24. The average molecular weight is 310 g/mol. The number of hydrogen-bond donors (Lipinski definition) is 1. The molecule has 1 N–H and O–H groups in total. The van der Waals surface area contributed by atoms with E-state index in [-0.39, 0.29) is 0 Å². The molecule has 0 bridgehead atoms. The number of hydrogen-bond acceptors (Lipinski definition) is 1. The Bertz CT molecular complexity index is 394. The van der Waals surface area contributed by atoms with Crippen molar-refractivity contribution in [3.05, 3.63) is 27.7 Å². The molecule has 2 heteroatoms. The Kier molecular flexibility index (Phi) is 4.37. The van der Waals surface area contributed by atoms with Gasteiger partial charge in [0.05, 0.1) is 0 Å². The summed E-state index contributed by atoms with van der Waals surface area (Å²) in [4.78, 5) is 0. The summed E-state index contributed by atoms with van der Waals surface area (Å²) in [6, 6.07) is 5.14. The molecule has 0 radical (unpaired) electrons. The second-order valence-electron chi connectivity index (χ2n) is 6.18. The Morgan fingerprint density at radius 1 is 1.00 bits per heavy atom. The molecule has 0 heterocycles. The van der Waals surface area contributed by atoms with E-state index >= 15 is 0 Å². The first-order valence-electron chi connectivity index (χ1n) is 6.99. The van der Waals surface area contributed by atoms with Crippen molar-refractivity contribution in [1.29, 1.82) is 0 Å². The molecule has 1 aliphatic carbocycles. The fourth-order valence-corrected chi connectivity index (χ4v) is 3.56. The molecule has 0 saturated heterocycles. The van der Waals surface area contributed by atoms with E-state index in [0.717, 1.165) is 11.8 Å². The molecule has 1 aliphatic rings. The van der Waals surface area contributed by atoms with E-state index < -0.39 is 0 Å². The molecule has 2 unspecified atom stereocenters. The highest BCUT2D eigenvalue weighted by atomic mass is 79.9. The van der Waals surface area contributed by atoms with Crippen LogP contribution in [0.25, 0.3) is 0 Å². The Morgan fingerprint density at radius 2 is 1.50 bits per heavy atom. The lowest BCUT2D eigenvalue weighted by Gasteiger charge is -2.32. The molecule has 1 nitrogen and oxygen atoms in total. The summed E-state index contributed by atoms with van der Waals surface area (Å²) in [6.07, 6.45) is 3.99. The molecule has 1 aromatic rings. The lowest BCUT2D eigenvalue weighted by molar-refractivity contribution is 0.281. The number of halogens is 1. The minimum Gasteiger partial charge on any atom is -0.382 e. The van der Waals surface area contributed by atoms with Gasteiger partial charge in [0, 0.05) is 16.2 Å². The Hall–Kier alpha value is -0.500. The zero-order chi connectivity index (χ0) is 13.3. The molecule has 0 aromatic heterocycles. The highest BCUT2D eigenvalue weighted by Gasteiger charge is 2.23. The van der Waals surface area contributed by atoms with Crippen molar-refractivity contribution < 1.29 is 0 Å². The van der Waals surface area contributed by atoms with E-state index in [1.54, 1.807) is 0 Å². The summed E-state index contributed by atoms with van der Waals surface area (Å²) < 4.78 is 1.23. The van der Waals surface area contributed by atoms with Crippen molar-refractivity contribution in [2.45, 2.75) is 53.0 Å². The van der Waals surface area contributed by atoms with Gasteiger partial charge in [0.2, 0.25) is 0 Å². The lowest BCUT2D eigenvalue weighted by atomic mass is 9.80. The van der Waals surface area contributed by atoms with E-state index in [2.05, 4.69) is 61.1 Å². The van der Waals surface area contributed by atoms with Crippen LogP contribution >= 0.6 is 15.9 Å². The van der Waals surface area contributed by atoms with Gasteiger partial charge in [0.15, 0.2) is 0 Å². The van der Waals surface area contributed by atoms with Crippen LogP contribution in [-0.2, 0) is 0 Å². The normalized spacial score (nSPS) is 28.2. The van der Waals surface area contributed by atoms with Crippen molar-refractivity contribution >= 4 is 21.6 Å². The lowest BCUT2D eigenvalue weighted by Crippen LogP contribution is -2.30. The first-order chi connectivity index (χ1) is 8.45. The molecule has 1 saturated carbocycles. The highest BCUT2D eigenvalue weighted by molar-refractivity contribution is 9.10. The second-order valence-corrected chi connectivity index (χ2v) is 6.98. The van der Waals surface area contributed by atoms with E-state index in [1.807, 2.05) is 0 Å². The van der Waals surface area contributed by atoms with Gasteiger partial charge in [-0.1, -0.05) is 29.8 Å². The first kappa shape index (κ1) is 13.9. The van der Waals surface area contributed by atoms with Gasteiger partial charge in [-0.3, -0.25) is 0 Å². The van der Waals surface area contributed by atoms with Crippen LogP contribution in [0.3, 0.4) is 0 Å². The minimum atomic E-state index is 0.642. The van der Waals surface area contributed by atoms with Gasteiger partial charge in [0.1, 0.15) is 0 Å². The number of benzene rings is 1. The zero-order valence-corrected chi connectivity index (χ0v) is 13.5. The number of anilines is 1. The van der Waals surface area contributed by atoms with Gasteiger partial charge >= 0.3 is 0 Å². The fraction of sp³-hybridized carbons (Fsp3) is 0.625. The van der Waals surface area contributed by atoms with Gasteiger partial charge in [-0.2, -0.15) is 0 Å². The average Bonchev–Trinajstić information content (AvgIpc) is 2.24. The smallest absolute Gasteiger partial charge is 0.0348 e. The van der Waals surface area contributed by atoms with Crippen molar-refractivity contribution in [2.24, 2.45) is 11.8 Å². The molecule has 0 aliphatic heterocycles. The fourth-order valence-electron chi connectivity index (χ4n) is 3.33. The van der Waals surface area contributed by atoms with Crippen molar-refractivity contribution in [3.63, 3.8) is 0 Å². The van der Waals surface area contributed by atoms with E-state index in [9.17, 15) is 0 Å². The molecule has 18 heavy (non-hydrogen) atoms. The van der Waals surface area contributed by atoms with Gasteiger partial charge < -0.3 is 5.32 Å². The Morgan fingerprint density at radius 3 is 2.00 bits per heavy atom. The quantitative estimate of drug-likeness (QED) is 0.781. The summed E-state index contributed by atoms with van der Waals surface area (Å²) in [6.45, 7) is 9.08. The van der Waals surface area contributed by atoms with Gasteiger partial charge in [0.25, 0.3) is 0 Å². The summed E-state index contributed by atoms with van der Waals surface area (Å²) in [5.41, 5.74) is 3.91. The van der Waals surface area contributed by atoms with Crippen molar-refractivity contribution in [2.75, 3.05) is 5.32 Å². The Labute approximate surface area is 119 Å². The topological polar surface area (TPSA) is 12.0 Å². The monoisotopic (exact) mass is 309 g/mol. The molecule has 0 amide bonds. The van der Waals surface area contributed by atoms with E-state index in [4.69, 9.17) is 0 Å². The van der Waals surface area contributed by atoms with Crippen LogP contribution in [0.4, 0.5) is 5.69 Å². The highest BCUT2D eigenvalue weighted by Crippen LogP contribution is 2.32.